The van der Waals surface area contributed by atoms with Crippen LogP contribution < -0.4 is 5.69 Å². The minimum atomic E-state index is -0.679. The van der Waals surface area contributed by atoms with Crippen LogP contribution in [-0.4, -0.2) is 56.6 Å². The Morgan fingerprint density at radius 1 is 1.24 bits per heavy atom. The molecule has 8 nitrogen and oxygen atoms in total. The summed E-state index contributed by atoms with van der Waals surface area (Å²) in [6.45, 7) is 2.26. The number of nitrogens with zero attached hydrogens (tertiary/aromatic N) is 5. The van der Waals surface area contributed by atoms with E-state index in [2.05, 4.69) is 5.10 Å². The van der Waals surface area contributed by atoms with Gasteiger partial charge in [-0.1, -0.05) is 13.0 Å². The Morgan fingerprint density at radius 3 is 2.62 bits per heavy atom. The number of fused-ring (bicyclic) bond motifs is 1. The fourth-order valence-electron chi connectivity index (χ4n) is 3.29. The molecule has 1 atom stereocenters. The number of rotatable bonds is 5. The smallest absolute Gasteiger partial charge is 0.346 e. The summed E-state index contributed by atoms with van der Waals surface area (Å²) in [5.74, 6) is -1.84. The molecule has 0 N–H and O–H groups in total. The number of hydrogen-bond donors (Lipinski definition) is 0. The normalized spacial score (nSPS) is 14.4. The van der Waals surface area contributed by atoms with Gasteiger partial charge in [0.2, 0.25) is 11.8 Å². The first-order valence-electron chi connectivity index (χ1n) is 9.26. The van der Waals surface area contributed by atoms with Gasteiger partial charge in [-0.3, -0.25) is 14.2 Å². The minimum Gasteiger partial charge on any atom is -0.347 e. The molecule has 1 aliphatic heterocycles. The van der Waals surface area contributed by atoms with Crippen molar-refractivity contribution < 1.29 is 18.4 Å². The molecule has 2 heterocycles. The first-order valence-corrected chi connectivity index (χ1v) is 9.26. The van der Waals surface area contributed by atoms with Crippen molar-refractivity contribution in [3.63, 3.8) is 0 Å². The van der Waals surface area contributed by atoms with E-state index in [-0.39, 0.29) is 49.1 Å². The van der Waals surface area contributed by atoms with E-state index < -0.39 is 17.6 Å². The van der Waals surface area contributed by atoms with E-state index in [9.17, 15) is 23.2 Å². The summed E-state index contributed by atoms with van der Waals surface area (Å²) in [5, 5.41) is 4.19. The van der Waals surface area contributed by atoms with Crippen LogP contribution in [0.3, 0.4) is 0 Å². The van der Waals surface area contributed by atoms with Gasteiger partial charge in [-0.15, -0.1) is 0 Å². The van der Waals surface area contributed by atoms with Crippen LogP contribution in [0.4, 0.5) is 8.78 Å². The first kappa shape index (κ1) is 20.7. The number of likely N-dealkylation sites (N-methyl/N-ethyl adjacent to an activating group) is 1. The second-order valence-electron chi connectivity index (χ2n) is 7.38. The third-order valence-electron chi connectivity index (χ3n) is 5.04. The predicted octanol–water partition coefficient (Wildman–Crippen LogP) is 0.947. The van der Waals surface area contributed by atoms with Gasteiger partial charge in [0.1, 0.15) is 18.2 Å². The zero-order chi connectivity index (χ0) is 21.3. The maximum Gasteiger partial charge on any atom is 0.346 e. The van der Waals surface area contributed by atoms with Crippen LogP contribution in [0.1, 0.15) is 30.7 Å². The minimum absolute atomic E-state index is 0.0482. The largest absolute Gasteiger partial charge is 0.347 e. The van der Waals surface area contributed by atoms with Crippen LogP contribution in [-0.2, 0) is 29.2 Å². The lowest BCUT2D eigenvalue weighted by Gasteiger charge is -2.27. The van der Waals surface area contributed by atoms with E-state index in [0.29, 0.717) is 12.4 Å². The van der Waals surface area contributed by atoms with Gasteiger partial charge in [0.25, 0.3) is 0 Å². The molecule has 0 saturated heterocycles. The second kappa shape index (κ2) is 8.14. The van der Waals surface area contributed by atoms with E-state index in [1.165, 1.54) is 21.6 Å². The molecule has 29 heavy (non-hydrogen) atoms. The van der Waals surface area contributed by atoms with E-state index in [1.54, 1.807) is 25.9 Å². The van der Waals surface area contributed by atoms with Crippen LogP contribution in [0.2, 0.25) is 0 Å². The molecular weight excluding hydrogens is 384 g/mol. The maximum atomic E-state index is 14.0. The van der Waals surface area contributed by atoms with Crippen molar-refractivity contribution in [1.29, 1.82) is 0 Å². The summed E-state index contributed by atoms with van der Waals surface area (Å²) < 4.78 is 29.6. The van der Waals surface area contributed by atoms with Crippen LogP contribution in [0.15, 0.2) is 23.0 Å². The number of carbonyl (C=O) groups is 2. The zero-order valence-electron chi connectivity index (χ0n) is 16.6. The fraction of sp³-hybridized carbons (Fsp3) is 0.474. The highest BCUT2D eigenvalue weighted by Gasteiger charge is 2.27. The van der Waals surface area contributed by atoms with Crippen LogP contribution in [0.25, 0.3) is 0 Å². The Morgan fingerprint density at radius 2 is 1.97 bits per heavy atom. The van der Waals surface area contributed by atoms with Crippen molar-refractivity contribution in [2.75, 3.05) is 20.6 Å². The zero-order valence-corrected chi connectivity index (χ0v) is 16.6. The molecule has 3 rings (SSSR count). The fourth-order valence-corrected chi connectivity index (χ4v) is 3.29. The predicted molar refractivity (Wildman–Crippen MR) is 100.0 cm³/mol. The van der Waals surface area contributed by atoms with Crippen molar-refractivity contribution in [3.8, 4) is 0 Å². The number of carbonyl (C=O) groups excluding carboxylic acids is 2. The molecule has 1 aromatic heterocycles. The Bertz CT molecular complexity index is 998. The number of aromatic nitrogens is 3. The summed E-state index contributed by atoms with van der Waals surface area (Å²) in [7, 11) is 3.18. The summed E-state index contributed by atoms with van der Waals surface area (Å²) >= 11 is 0. The third kappa shape index (κ3) is 4.36. The lowest BCUT2D eigenvalue weighted by molar-refractivity contribution is -0.133. The first-order chi connectivity index (χ1) is 13.7. The topological polar surface area (TPSA) is 80.4 Å². The Hall–Kier alpha value is -3.04. The molecule has 0 saturated carbocycles. The highest BCUT2D eigenvalue weighted by Crippen LogP contribution is 2.24. The van der Waals surface area contributed by atoms with Gasteiger partial charge in [-0.05, 0) is 17.5 Å². The van der Waals surface area contributed by atoms with Crippen molar-refractivity contribution >= 4 is 11.8 Å². The summed E-state index contributed by atoms with van der Waals surface area (Å²) in [4.78, 5) is 39.8. The molecule has 2 amide bonds. The van der Waals surface area contributed by atoms with Crippen molar-refractivity contribution in [3.05, 3.63) is 51.7 Å². The Balaban J connectivity index is 1.69. The van der Waals surface area contributed by atoms with Gasteiger partial charge < -0.3 is 9.80 Å². The molecule has 1 aromatic carbocycles. The summed E-state index contributed by atoms with van der Waals surface area (Å²) in [6, 6.07) is 3.32. The van der Waals surface area contributed by atoms with Gasteiger partial charge in [0.15, 0.2) is 5.82 Å². The molecule has 0 bridgehead atoms. The molecule has 1 aliphatic rings. The molecule has 10 heteroatoms. The average molecular weight is 407 g/mol. The Labute approximate surface area is 166 Å². The monoisotopic (exact) mass is 407 g/mol. The number of benzene rings is 1. The Kier molecular flexibility index (Phi) is 5.81. The van der Waals surface area contributed by atoms with E-state index in [0.717, 1.165) is 10.7 Å². The molecule has 0 fully saturated rings. The van der Waals surface area contributed by atoms with Gasteiger partial charge >= 0.3 is 5.69 Å². The van der Waals surface area contributed by atoms with Crippen molar-refractivity contribution in [2.45, 2.75) is 38.9 Å². The van der Waals surface area contributed by atoms with Crippen LogP contribution in [0, 0.1) is 11.6 Å². The van der Waals surface area contributed by atoms with E-state index in [1.807, 2.05) is 0 Å². The SMILES string of the molecule is CC(CC(=O)N1CCn2c(nn(CC(=O)N(C)C)c2=O)C1)c1ccc(F)cc1F. The molecule has 1 unspecified atom stereocenters. The molecule has 0 radical (unpaired) electrons. The van der Waals surface area contributed by atoms with Gasteiger partial charge in [-0.25, -0.2) is 18.3 Å². The molecule has 0 aliphatic carbocycles. The second-order valence-corrected chi connectivity index (χ2v) is 7.38. The lowest BCUT2D eigenvalue weighted by atomic mass is 9.96. The quantitative estimate of drug-likeness (QED) is 0.739. The third-order valence-corrected chi connectivity index (χ3v) is 5.04. The van der Waals surface area contributed by atoms with Crippen LogP contribution >= 0.6 is 0 Å². The van der Waals surface area contributed by atoms with Gasteiger partial charge in [0, 0.05) is 39.7 Å². The van der Waals surface area contributed by atoms with Gasteiger partial charge in [0.05, 0.1) is 6.54 Å². The molecule has 0 spiro atoms. The maximum absolute atomic E-state index is 14.0. The van der Waals surface area contributed by atoms with Crippen LogP contribution in [0.5, 0.6) is 0 Å². The van der Waals surface area contributed by atoms with Gasteiger partial charge in [-0.2, -0.15) is 5.10 Å². The standard InChI is InChI=1S/C19H23F2N5O3/c1-12(14-5-4-13(20)9-15(14)21)8-17(27)24-6-7-25-16(10-24)22-26(19(25)29)11-18(28)23(2)3/h4-5,9,12H,6-8,10-11H2,1-3H3. The highest BCUT2D eigenvalue weighted by atomic mass is 19.1. The lowest BCUT2D eigenvalue weighted by Crippen LogP contribution is -2.41. The average Bonchev–Trinajstić information content (AvgIpc) is 2.96. The van der Waals surface area contributed by atoms with E-state index in [4.69, 9.17) is 0 Å². The van der Waals surface area contributed by atoms with Crippen molar-refractivity contribution in [2.24, 2.45) is 0 Å². The van der Waals surface area contributed by atoms with E-state index >= 15 is 0 Å². The number of amides is 2. The molecular formula is C19H23F2N5O3. The molecule has 2 aromatic rings. The highest BCUT2D eigenvalue weighted by molar-refractivity contribution is 5.77. The summed E-state index contributed by atoms with van der Waals surface area (Å²) in [6.07, 6.45) is 0.0482. The summed E-state index contributed by atoms with van der Waals surface area (Å²) in [5.41, 5.74) is -0.107. The number of halogens is 2. The van der Waals surface area contributed by atoms with Crippen molar-refractivity contribution in [1.82, 2.24) is 24.1 Å². The molecule has 156 valence electrons. The number of hydrogen-bond acceptors (Lipinski definition) is 4.